The Morgan fingerprint density at radius 3 is 2.45 bits per heavy atom. The van der Waals surface area contributed by atoms with Crippen molar-refractivity contribution in [2.45, 2.75) is 25.3 Å². The highest BCUT2D eigenvalue weighted by atomic mass is 127. The van der Waals surface area contributed by atoms with E-state index in [0.29, 0.717) is 6.04 Å². The molecule has 9 heteroatoms. The Labute approximate surface area is 203 Å². The third-order valence-corrected chi connectivity index (χ3v) is 5.75. The SMILES string of the molecule is CN=C(NCCCCN1CCOCC1)NC1CCN(c2cc(OC)cc(OC)c2)C1.I. The van der Waals surface area contributed by atoms with Gasteiger partial charge in [0.2, 0.25) is 0 Å². The summed E-state index contributed by atoms with van der Waals surface area (Å²) in [6, 6.07) is 6.39. The van der Waals surface area contributed by atoms with Crippen LogP contribution in [0, 0.1) is 0 Å². The van der Waals surface area contributed by atoms with Gasteiger partial charge in [0.25, 0.3) is 0 Å². The molecule has 2 heterocycles. The molecule has 2 saturated heterocycles. The van der Waals surface area contributed by atoms with Crippen LogP contribution in [0.1, 0.15) is 19.3 Å². The first-order chi connectivity index (χ1) is 14.7. The number of ether oxygens (including phenoxy) is 3. The van der Waals surface area contributed by atoms with Crippen LogP contribution >= 0.6 is 24.0 Å². The summed E-state index contributed by atoms with van der Waals surface area (Å²) in [6.45, 7) is 7.87. The zero-order valence-electron chi connectivity index (χ0n) is 19.1. The number of methoxy groups -OCH3 is 2. The topological polar surface area (TPSA) is 70.6 Å². The van der Waals surface area contributed by atoms with Crippen molar-refractivity contribution in [3.8, 4) is 11.5 Å². The van der Waals surface area contributed by atoms with Crippen LogP contribution in [0.5, 0.6) is 11.5 Å². The fourth-order valence-electron chi connectivity index (χ4n) is 3.97. The van der Waals surface area contributed by atoms with Crippen molar-refractivity contribution in [3.63, 3.8) is 0 Å². The van der Waals surface area contributed by atoms with Gasteiger partial charge in [0, 0.05) is 69.7 Å². The smallest absolute Gasteiger partial charge is 0.191 e. The molecule has 1 unspecified atom stereocenters. The summed E-state index contributed by atoms with van der Waals surface area (Å²) in [5.41, 5.74) is 1.13. The van der Waals surface area contributed by atoms with E-state index in [4.69, 9.17) is 14.2 Å². The number of unbranched alkanes of at least 4 members (excludes halogenated alkanes) is 1. The Morgan fingerprint density at radius 2 is 1.81 bits per heavy atom. The number of hydrogen-bond acceptors (Lipinski definition) is 6. The molecule has 1 aromatic rings. The second-order valence-corrected chi connectivity index (χ2v) is 7.81. The van der Waals surface area contributed by atoms with E-state index >= 15 is 0 Å². The van der Waals surface area contributed by atoms with Gasteiger partial charge in [-0.1, -0.05) is 0 Å². The molecule has 0 radical (unpaired) electrons. The van der Waals surface area contributed by atoms with Gasteiger partial charge in [-0.3, -0.25) is 9.89 Å². The van der Waals surface area contributed by atoms with Crippen molar-refractivity contribution in [3.05, 3.63) is 18.2 Å². The molecule has 2 N–H and O–H groups in total. The fourth-order valence-corrected chi connectivity index (χ4v) is 3.97. The predicted octanol–water partition coefficient (Wildman–Crippen LogP) is 2.18. The molecule has 0 aliphatic carbocycles. The molecule has 0 saturated carbocycles. The number of hydrogen-bond donors (Lipinski definition) is 2. The lowest BCUT2D eigenvalue weighted by atomic mass is 10.2. The maximum Gasteiger partial charge on any atom is 0.191 e. The summed E-state index contributed by atoms with van der Waals surface area (Å²) in [4.78, 5) is 9.24. The fraction of sp³-hybridized carbons (Fsp3) is 0.682. The highest BCUT2D eigenvalue weighted by Gasteiger charge is 2.24. The van der Waals surface area contributed by atoms with Crippen LogP contribution in [0.4, 0.5) is 5.69 Å². The Bertz CT molecular complexity index is 663. The van der Waals surface area contributed by atoms with Crippen LogP contribution in [0.25, 0.3) is 0 Å². The summed E-state index contributed by atoms with van der Waals surface area (Å²) in [5.74, 6) is 2.52. The number of anilines is 1. The van der Waals surface area contributed by atoms with E-state index in [2.05, 4.69) is 37.6 Å². The molecule has 2 fully saturated rings. The Balaban J connectivity index is 0.00000341. The zero-order valence-corrected chi connectivity index (χ0v) is 21.4. The molecule has 8 nitrogen and oxygen atoms in total. The van der Waals surface area contributed by atoms with Gasteiger partial charge in [0.15, 0.2) is 5.96 Å². The van der Waals surface area contributed by atoms with Gasteiger partial charge < -0.3 is 29.7 Å². The number of benzene rings is 1. The van der Waals surface area contributed by atoms with Crippen molar-refractivity contribution in [1.82, 2.24) is 15.5 Å². The Morgan fingerprint density at radius 1 is 1.10 bits per heavy atom. The van der Waals surface area contributed by atoms with Crippen LogP contribution in [-0.2, 0) is 4.74 Å². The first-order valence-electron chi connectivity index (χ1n) is 11.0. The molecule has 0 amide bonds. The maximum atomic E-state index is 5.41. The molecule has 31 heavy (non-hydrogen) atoms. The number of nitrogens with zero attached hydrogens (tertiary/aromatic N) is 3. The van der Waals surface area contributed by atoms with Crippen molar-refractivity contribution in [2.24, 2.45) is 4.99 Å². The molecule has 0 spiro atoms. The number of aliphatic imine (C=N–C) groups is 1. The third kappa shape index (κ3) is 8.19. The van der Waals surface area contributed by atoms with Crippen LogP contribution < -0.4 is 25.0 Å². The predicted molar refractivity (Wildman–Crippen MR) is 137 cm³/mol. The van der Waals surface area contributed by atoms with Crippen molar-refractivity contribution < 1.29 is 14.2 Å². The quantitative estimate of drug-likeness (QED) is 0.213. The van der Waals surface area contributed by atoms with Crippen LogP contribution in [0.15, 0.2) is 23.2 Å². The van der Waals surface area contributed by atoms with Crippen molar-refractivity contribution in [2.75, 3.05) is 78.6 Å². The van der Waals surface area contributed by atoms with Gasteiger partial charge in [-0.25, -0.2) is 0 Å². The first kappa shape index (κ1) is 25.8. The minimum atomic E-state index is 0. The lowest BCUT2D eigenvalue weighted by molar-refractivity contribution is 0.0372. The summed E-state index contributed by atoms with van der Waals surface area (Å²) in [6.07, 6.45) is 3.40. The van der Waals surface area contributed by atoms with Gasteiger partial charge in [0.05, 0.1) is 27.4 Å². The maximum absolute atomic E-state index is 5.41. The van der Waals surface area contributed by atoms with Gasteiger partial charge in [-0.15, -0.1) is 24.0 Å². The van der Waals surface area contributed by atoms with E-state index in [-0.39, 0.29) is 24.0 Å². The standard InChI is InChI=1S/C22H37N5O3.HI/c1-23-22(24-7-4-5-8-26-10-12-30-13-11-26)25-18-6-9-27(17-18)19-14-20(28-2)16-21(15-19)29-3;/h14-16,18H,4-13,17H2,1-3H3,(H2,23,24,25);1H. The normalized spacial score (nSPS) is 19.6. The summed E-state index contributed by atoms with van der Waals surface area (Å²) >= 11 is 0. The average molecular weight is 547 g/mol. The number of nitrogens with one attached hydrogen (secondary N) is 2. The van der Waals surface area contributed by atoms with E-state index in [0.717, 1.165) is 88.5 Å². The number of rotatable bonds is 9. The van der Waals surface area contributed by atoms with E-state index < -0.39 is 0 Å². The largest absolute Gasteiger partial charge is 0.497 e. The average Bonchev–Trinajstić information content (AvgIpc) is 3.27. The van der Waals surface area contributed by atoms with Crippen LogP contribution in [0.2, 0.25) is 0 Å². The molecule has 0 aromatic heterocycles. The van der Waals surface area contributed by atoms with E-state index in [1.807, 2.05) is 13.1 Å². The molecule has 3 rings (SSSR count). The summed E-state index contributed by atoms with van der Waals surface area (Å²) < 4.78 is 16.2. The molecule has 1 atom stereocenters. The van der Waals surface area contributed by atoms with Gasteiger partial charge in [0.1, 0.15) is 11.5 Å². The van der Waals surface area contributed by atoms with E-state index in [1.165, 1.54) is 6.42 Å². The minimum Gasteiger partial charge on any atom is -0.497 e. The molecular weight excluding hydrogens is 509 g/mol. The molecular formula is C22H38IN5O3. The summed E-state index contributed by atoms with van der Waals surface area (Å²) in [7, 11) is 5.20. The van der Waals surface area contributed by atoms with Gasteiger partial charge in [-0.05, 0) is 25.8 Å². The number of guanidine groups is 1. The lowest BCUT2D eigenvalue weighted by Crippen LogP contribution is -2.45. The zero-order chi connectivity index (χ0) is 21.2. The highest BCUT2D eigenvalue weighted by molar-refractivity contribution is 14.0. The van der Waals surface area contributed by atoms with Gasteiger partial charge in [-0.2, -0.15) is 0 Å². The minimum absolute atomic E-state index is 0. The lowest BCUT2D eigenvalue weighted by Gasteiger charge is -2.26. The molecule has 2 aliphatic rings. The Hall–Kier alpha value is -1.46. The van der Waals surface area contributed by atoms with Crippen molar-refractivity contribution in [1.29, 1.82) is 0 Å². The van der Waals surface area contributed by atoms with E-state index in [9.17, 15) is 0 Å². The molecule has 176 valence electrons. The summed E-state index contributed by atoms with van der Waals surface area (Å²) in [5, 5.41) is 7.03. The second kappa shape index (κ2) is 13.8. The van der Waals surface area contributed by atoms with Crippen molar-refractivity contribution >= 4 is 35.6 Å². The number of halogens is 1. The number of morpholine rings is 1. The third-order valence-electron chi connectivity index (χ3n) is 5.75. The first-order valence-corrected chi connectivity index (χ1v) is 11.0. The van der Waals surface area contributed by atoms with Crippen LogP contribution in [0.3, 0.4) is 0 Å². The second-order valence-electron chi connectivity index (χ2n) is 7.81. The van der Waals surface area contributed by atoms with Gasteiger partial charge >= 0.3 is 0 Å². The Kier molecular flexibility index (Phi) is 11.5. The molecule has 2 aliphatic heterocycles. The highest BCUT2D eigenvalue weighted by Crippen LogP contribution is 2.30. The molecule has 0 bridgehead atoms. The van der Waals surface area contributed by atoms with E-state index in [1.54, 1.807) is 14.2 Å². The van der Waals surface area contributed by atoms with Crippen LogP contribution in [-0.4, -0.2) is 90.7 Å². The molecule has 1 aromatic carbocycles. The monoisotopic (exact) mass is 547 g/mol.